The number of hydrogen-bond acceptors (Lipinski definition) is 2. The molecule has 2 heteroatoms. The Morgan fingerprint density at radius 1 is 1.57 bits per heavy atom. The molecule has 0 aromatic heterocycles. The van der Waals surface area contributed by atoms with Gasteiger partial charge in [-0.05, 0) is 6.42 Å². The molecule has 0 radical (unpaired) electrons. The topological polar surface area (TPSA) is 29.1 Å². The molecule has 0 spiro atoms. The van der Waals surface area contributed by atoms with E-state index >= 15 is 0 Å². The number of anilines is 1. The molecule has 0 amide bonds. The monoisotopic (exact) mass is 95.0 g/mol. The van der Waals surface area contributed by atoms with Crippen molar-refractivity contribution < 1.29 is 0 Å². The van der Waals surface area contributed by atoms with Gasteiger partial charge in [0, 0.05) is 12.1 Å². The van der Waals surface area contributed by atoms with Gasteiger partial charge >= 0.3 is 0 Å². The number of fused-ring (bicyclic) bond motifs is 1. The summed E-state index contributed by atoms with van der Waals surface area (Å²) >= 11 is 0. The molecule has 1 heterocycles. The Balaban J connectivity index is 2.53. The lowest BCUT2D eigenvalue weighted by molar-refractivity contribution is 1.09. The van der Waals surface area contributed by atoms with Gasteiger partial charge in [-0.3, -0.25) is 4.79 Å². The minimum atomic E-state index is 0.270. The SMILES string of the molecule is O=c1c2c1NCC2. The Kier molecular flexibility index (Phi) is 0.340. The lowest BCUT2D eigenvalue weighted by Gasteiger charge is -1.83. The summed E-state index contributed by atoms with van der Waals surface area (Å²) in [4.78, 5) is 10.4. The second-order valence-corrected chi connectivity index (χ2v) is 1.86. The van der Waals surface area contributed by atoms with Crippen LogP contribution in [0.5, 0.6) is 0 Å². The highest BCUT2D eigenvalue weighted by molar-refractivity contribution is 5.67. The van der Waals surface area contributed by atoms with Gasteiger partial charge in [-0.1, -0.05) is 0 Å². The van der Waals surface area contributed by atoms with E-state index in [1.807, 2.05) is 0 Å². The summed E-state index contributed by atoms with van der Waals surface area (Å²) in [5.74, 6) is 0. The molecule has 1 aliphatic heterocycles. The predicted molar refractivity (Wildman–Crippen MR) is 27.3 cm³/mol. The van der Waals surface area contributed by atoms with E-state index in [-0.39, 0.29) is 5.43 Å². The summed E-state index contributed by atoms with van der Waals surface area (Å²) in [7, 11) is 0. The van der Waals surface area contributed by atoms with Gasteiger partial charge < -0.3 is 5.32 Å². The molecular formula is C5H5NO. The van der Waals surface area contributed by atoms with Crippen molar-refractivity contribution in [2.75, 3.05) is 11.9 Å². The van der Waals surface area contributed by atoms with Gasteiger partial charge in [0.1, 0.15) is 0 Å². The van der Waals surface area contributed by atoms with Gasteiger partial charge in [0.2, 0.25) is 5.43 Å². The zero-order valence-electron chi connectivity index (χ0n) is 3.82. The Morgan fingerprint density at radius 3 is 2.71 bits per heavy atom. The van der Waals surface area contributed by atoms with Gasteiger partial charge in [0.25, 0.3) is 0 Å². The average molecular weight is 95.1 g/mol. The fourth-order valence-corrected chi connectivity index (χ4v) is 0.945. The normalized spacial score (nSPS) is 17.1. The van der Waals surface area contributed by atoms with E-state index in [9.17, 15) is 4.79 Å². The van der Waals surface area contributed by atoms with E-state index in [0.29, 0.717) is 0 Å². The van der Waals surface area contributed by atoms with E-state index in [1.165, 1.54) is 0 Å². The lowest BCUT2D eigenvalue weighted by Crippen LogP contribution is -2.01. The molecule has 0 unspecified atom stereocenters. The quantitative estimate of drug-likeness (QED) is 0.487. The molecule has 1 N–H and O–H groups in total. The molecule has 2 nitrogen and oxygen atoms in total. The third-order valence-electron chi connectivity index (χ3n) is 1.42. The zero-order valence-corrected chi connectivity index (χ0v) is 3.82. The van der Waals surface area contributed by atoms with Crippen LogP contribution >= 0.6 is 0 Å². The van der Waals surface area contributed by atoms with Gasteiger partial charge in [-0.2, -0.15) is 0 Å². The van der Waals surface area contributed by atoms with Crippen LogP contribution in [0.15, 0.2) is 4.79 Å². The molecule has 0 atom stereocenters. The molecule has 0 saturated heterocycles. The number of nitrogens with one attached hydrogen (secondary N) is 1. The van der Waals surface area contributed by atoms with Crippen LogP contribution in [0.3, 0.4) is 0 Å². The molecular weight excluding hydrogens is 90.1 g/mol. The zero-order chi connectivity index (χ0) is 4.85. The first-order valence-electron chi connectivity index (χ1n) is 2.41. The third kappa shape index (κ3) is 0.232. The van der Waals surface area contributed by atoms with Crippen LogP contribution < -0.4 is 10.7 Å². The highest BCUT2D eigenvalue weighted by Crippen LogP contribution is 2.21. The van der Waals surface area contributed by atoms with Crippen molar-refractivity contribution in [1.29, 1.82) is 0 Å². The predicted octanol–water partition coefficient (Wildman–Crippen LogP) is -0.110. The molecule has 7 heavy (non-hydrogen) atoms. The Hall–Kier alpha value is -0.790. The minimum absolute atomic E-state index is 0.270. The maximum absolute atomic E-state index is 10.4. The van der Waals surface area contributed by atoms with Gasteiger partial charge in [0.05, 0.1) is 5.69 Å². The largest absolute Gasteiger partial charge is 0.381 e. The fourth-order valence-electron chi connectivity index (χ4n) is 0.945. The minimum Gasteiger partial charge on any atom is -0.381 e. The van der Waals surface area contributed by atoms with Crippen molar-refractivity contribution in [2.45, 2.75) is 6.42 Å². The van der Waals surface area contributed by atoms with E-state index in [4.69, 9.17) is 0 Å². The fraction of sp³-hybridized carbons (Fsp3) is 0.400. The van der Waals surface area contributed by atoms with Crippen molar-refractivity contribution in [1.82, 2.24) is 0 Å². The second-order valence-electron chi connectivity index (χ2n) is 1.86. The first-order valence-corrected chi connectivity index (χ1v) is 2.41. The van der Waals surface area contributed by atoms with Crippen LogP contribution in [-0.2, 0) is 6.42 Å². The molecule has 1 aromatic carbocycles. The van der Waals surface area contributed by atoms with E-state index in [1.54, 1.807) is 0 Å². The van der Waals surface area contributed by atoms with Gasteiger partial charge in [-0.25, -0.2) is 0 Å². The second kappa shape index (κ2) is 0.735. The molecule has 2 rings (SSSR count). The van der Waals surface area contributed by atoms with Crippen molar-refractivity contribution in [3.8, 4) is 0 Å². The summed E-state index contributed by atoms with van der Waals surface area (Å²) in [6.45, 7) is 0.983. The molecule has 1 aromatic rings. The van der Waals surface area contributed by atoms with E-state index in [0.717, 1.165) is 24.2 Å². The van der Waals surface area contributed by atoms with Gasteiger partial charge in [-0.15, -0.1) is 0 Å². The van der Waals surface area contributed by atoms with E-state index < -0.39 is 0 Å². The summed E-state index contributed by atoms with van der Waals surface area (Å²) in [5.41, 5.74) is 2.21. The summed E-state index contributed by atoms with van der Waals surface area (Å²) in [6.07, 6.45) is 0.966. The summed E-state index contributed by atoms with van der Waals surface area (Å²) < 4.78 is 0. The van der Waals surface area contributed by atoms with Crippen LogP contribution in [0.1, 0.15) is 5.56 Å². The number of hydrogen-bond donors (Lipinski definition) is 1. The highest BCUT2D eigenvalue weighted by atomic mass is 16.1. The first kappa shape index (κ1) is 3.24. The summed E-state index contributed by atoms with van der Waals surface area (Å²) in [5, 5.41) is 2.97. The standard InChI is InChI=1S/C5H5NO/c7-5-3-1-2-6-4(3)5/h6H,1-2H2. The summed E-state index contributed by atoms with van der Waals surface area (Å²) in [6, 6.07) is 0. The maximum atomic E-state index is 10.4. The molecule has 0 aliphatic carbocycles. The van der Waals surface area contributed by atoms with Crippen molar-refractivity contribution in [3.63, 3.8) is 0 Å². The van der Waals surface area contributed by atoms with Crippen LogP contribution in [-0.4, -0.2) is 6.54 Å². The first-order chi connectivity index (χ1) is 3.39. The third-order valence-corrected chi connectivity index (χ3v) is 1.42. The Labute approximate surface area is 40.8 Å². The van der Waals surface area contributed by atoms with Crippen molar-refractivity contribution >= 4 is 5.69 Å². The molecule has 0 saturated carbocycles. The van der Waals surface area contributed by atoms with Crippen molar-refractivity contribution in [3.05, 3.63) is 15.8 Å². The molecule has 0 bridgehead atoms. The highest BCUT2D eigenvalue weighted by Gasteiger charge is 2.25. The maximum Gasteiger partial charge on any atom is 0.207 e. The lowest BCUT2D eigenvalue weighted by atomic mass is 10.4. The average Bonchev–Trinajstić information content (AvgIpc) is 2.26. The van der Waals surface area contributed by atoms with Crippen LogP contribution in [0.4, 0.5) is 5.69 Å². The van der Waals surface area contributed by atoms with Crippen LogP contribution in [0.25, 0.3) is 0 Å². The van der Waals surface area contributed by atoms with Crippen molar-refractivity contribution in [2.24, 2.45) is 0 Å². The molecule has 0 fully saturated rings. The Bertz CT molecular complexity index is 188. The van der Waals surface area contributed by atoms with E-state index in [2.05, 4.69) is 5.32 Å². The Morgan fingerprint density at radius 2 is 2.43 bits per heavy atom. The smallest absolute Gasteiger partial charge is 0.207 e. The van der Waals surface area contributed by atoms with Crippen LogP contribution in [0.2, 0.25) is 0 Å². The van der Waals surface area contributed by atoms with Gasteiger partial charge in [0.15, 0.2) is 0 Å². The molecule has 1 aliphatic rings. The molecule has 36 valence electrons. The number of rotatable bonds is 0. The van der Waals surface area contributed by atoms with Crippen LogP contribution in [0, 0.1) is 0 Å².